The third-order valence-corrected chi connectivity index (χ3v) is 4.31. The van der Waals surface area contributed by atoms with Gasteiger partial charge in [0.1, 0.15) is 5.82 Å². The van der Waals surface area contributed by atoms with Crippen LogP contribution in [0.25, 0.3) is 22.6 Å². The average molecular weight is 303 g/mol. The fourth-order valence-corrected chi connectivity index (χ4v) is 3.23. The van der Waals surface area contributed by atoms with Gasteiger partial charge in [0.2, 0.25) is 0 Å². The lowest BCUT2D eigenvalue weighted by Gasteiger charge is -2.09. The lowest BCUT2D eigenvalue weighted by Crippen LogP contribution is -2.23. The summed E-state index contributed by atoms with van der Waals surface area (Å²) < 4.78 is 1.80. The van der Waals surface area contributed by atoms with E-state index in [9.17, 15) is 4.79 Å². The van der Waals surface area contributed by atoms with Gasteiger partial charge in [0.25, 0.3) is 5.56 Å². The third-order valence-electron chi connectivity index (χ3n) is 4.31. The molecule has 2 N–H and O–H groups in total. The van der Waals surface area contributed by atoms with E-state index in [1.54, 1.807) is 22.8 Å². The van der Waals surface area contributed by atoms with Crippen LogP contribution in [0.3, 0.4) is 0 Å². The van der Waals surface area contributed by atoms with E-state index in [0.717, 1.165) is 23.4 Å². The Morgan fingerprint density at radius 3 is 2.78 bits per heavy atom. The van der Waals surface area contributed by atoms with Crippen molar-refractivity contribution in [1.29, 1.82) is 0 Å². The zero-order valence-electron chi connectivity index (χ0n) is 12.9. The van der Waals surface area contributed by atoms with Crippen LogP contribution >= 0.6 is 0 Å². The summed E-state index contributed by atoms with van der Waals surface area (Å²) in [6.07, 6.45) is 2.92. The molecule has 1 aromatic heterocycles. The van der Waals surface area contributed by atoms with Crippen molar-refractivity contribution in [2.75, 3.05) is 5.73 Å². The molecule has 1 atom stereocenters. The second-order valence-electron chi connectivity index (χ2n) is 6.02. The number of hydrogen-bond acceptors (Lipinski definition) is 3. The topological polar surface area (TPSA) is 60.9 Å². The van der Waals surface area contributed by atoms with Crippen LogP contribution in [0, 0.1) is 0 Å². The fourth-order valence-electron chi connectivity index (χ4n) is 3.23. The monoisotopic (exact) mass is 303 g/mol. The third kappa shape index (κ3) is 2.23. The van der Waals surface area contributed by atoms with Gasteiger partial charge in [-0.2, -0.15) is 0 Å². The molecular formula is C19H17N3O. The first-order valence-corrected chi connectivity index (χ1v) is 7.71. The predicted molar refractivity (Wildman–Crippen MR) is 94.1 cm³/mol. The first-order chi connectivity index (χ1) is 11.1. The zero-order chi connectivity index (χ0) is 16.0. The summed E-state index contributed by atoms with van der Waals surface area (Å²) in [7, 11) is 0. The van der Waals surface area contributed by atoms with Crippen molar-refractivity contribution >= 4 is 28.2 Å². The average Bonchev–Trinajstić information content (AvgIpc) is 2.84. The van der Waals surface area contributed by atoms with Gasteiger partial charge in [-0.25, -0.2) is 4.98 Å². The van der Waals surface area contributed by atoms with Crippen LogP contribution in [-0.4, -0.2) is 9.55 Å². The van der Waals surface area contributed by atoms with Crippen molar-refractivity contribution in [2.45, 2.75) is 19.4 Å². The molecule has 2 aromatic carbocycles. The van der Waals surface area contributed by atoms with E-state index in [4.69, 9.17) is 10.7 Å². The highest BCUT2D eigenvalue weighted by atomic mass is 16.1. The molecule has 0 aliphatic carbocycles. The predicted octanol–water partition coefficient (Wildman–Crippen LogP) is 3.48. The highest BCUT2D eigenvalue weighted by Crippen LogP contribution is 2.34. The van der Waals surface area contributed by atoms with Crippen LogP contribution < -0.4 is 11.3 Å². The molecule has 3 aromatic rings. The molecule has 0 bridgehead atoms. The zero-order valence-corrected chi connectivity index (χ0v) is 12.9. The van der Waals surface area contributed by atoms with Crippen molar-refractivity contribution < 1.29 is 0 Å². The van der Waals surface area contributed by atoms with E-state index in [1.165, 1.54) is 0 Å². The minimum atomic E-state index is 0.00830. The molecule has 0 spiro atoms. The van der Waals surface area contributed by atoms with Crippen molar-refractivity contribution in [3.8, 4) is 0 Å². The number of nitrogens with zero attached hydrogens (tertiary/aromatic N) is 2. The first-order valence-electron chi connectivity index (χ1n) is 7.71. The SMILES string of the molecule is CC1C/C(=C\c2ccccc2)c2nc3cc(N)ccc3c(=O)n21. The Kier molecular flexibility index (Phi) is 3.05. The minimum absolute atomic E-state index is 0.00830. The van der Waals surface area contributed by atoms with E-state index in [0.29, 0.717) is 16.6 Å². The molecule has 0 saturated carbocycles. The summed E-state index contributed by atoms with van der Waals surface area (Å²) >= 11 is 0. The summed E-state index contributed by atoms with van der Waals surface area (Å²) in [5, 5.41) is 0.621. The summed E-state index contributed by atoms with van der Waals surface area (Å²) in [6.45, 7) is 2.06. The van der Waals surface area contributed by atoms with Crippen LogP contribution in [0.2, 0.25) is 0 Å². The van der Waals surface area contributed by atoms with E-state index in [2.05, 4.69) is 25.1 Å². The van der Waals surface area contributed by atoms with Gasteiger partial charge in [0.15, 0.2) is 0 Å². The first kappa shape index (κ1) is 13.8. The molecule has 1 aliphatic heterocycles. The van der Waals surface area contributed by atoms with Gasteiger partial charge in [-0.3, -0.25) is 9.36 Å². The number of nitrogens with two attached hydrogens (primary N) is 1. The van der Waals surface area contributed by atoms with Gasteiger partial charge in [-0.1, -0.05) is 30.3 Å². The lowest BCUT2D eigenvalue weighted by atomic mass is 10.1. The van der Waals surface area contributed by atoms with Gasteiger partial charge in [0, 0.05) is 11.7 Å². The van der Waals surface area contributed by atoms with Gasteiger partial charge >= 0.3 is 0 Å². The Morgan fingerprint density at radius 2 is 2.00 bits per heavy atom. The summed E-state index contributed by atoms with van der Waals surface area (Å²) in [6, 6.07) is 15.5. The molecule has 0 radical (unpaired) electrons. The normalized spacial score (nSPS) is 18.5. The Morgan fingerprint density at radius 1 is 1.22 bits per heavy atom. The van der Waals surface area contributed by atoms with Crippen molar-refractivity contribution in [3.05, 3.63) is 70.3 Å². The number of hydrogen-bond donors (Lipinski definition) is 1. The standard InChI is InChI=1S/C19H17N3O/c1-12-9-14(10-13-5-3-2-4-6-13)18-21-17-11-15(20)7-8-16(17)19(23)22(12)18/h2-8,10-12H,9,20H2,1H3/b14-10+. The maximum atomic E-state index is 12.8. The lowest BCUT2D eigenvalue weighted by molar-refractivity contribution is 0.574. The van der Waals surface area contributed by atoms with Crippen LogP contribution in [0.5, 0.6) is 0 Å². The van der Waals surface area contributed by atoms with Crippen LogP contribution in [0.15, 0.2) is 53.3 Å². The maximum absolute atomic E-state index is 12.8. The van der Waals surface area contributed by atoms with Gasteiger partial charge < -0.3 is 5.73 Å². The summed E-state index contributed by atoms with van der Waals surface area (Å²) in [5.74, 6) is 0.754. The molecule has 4 rings (SSSR count). The Bertz CT molecular complexity index is 987. The highest BCUT2D eigenvalue weighted by molar-refractivity contribution is 5.86. The van der Waals surface area contributed by atoms with Gasteiger partial charge in [0.05, 0.1) is 10.9 Å². The smallest absolute Gasteiger partial charge is 0.261 e. The van der Waals surface area contributed by atoms with E-state index >= 15 is 0 Å². The Balaban J connectivity index is 1.97. The number of aromatic nitrogens is 2. The summed E-state index contributed by atoms with van der Waals surface area (Å²) in [4.78, 5) is 17.5. The summed E-state index contributed by atoms with van der Waals surface area (Å²) in [5.41, 5.74) is 9.33. The Hall–Kier alpha value is -2.88. The number of fused-ring (bicyclic) bond motifs is 2. The van der Waals surface area contributed by atoms with Crippen molar-refractivity contribution in [1.82, 2.24) is 9.55 Å². The molecule has 1 unspecified atom stereocenters. The molecule has 0 saturated heterocycles. The largest absolute Gasteiger partial charge is 0.399 e. The van der Waals surface area contributed by atoms with E-state index in [-0.39, 0.29) is 11.6 Å². The van der Waals surface area contributed by atoms with Crippen LogP contribution in [-0.2, 0) is 0 Å². The molecule has 23 heavy (non-hydrogen) atoms. The van der Waals surface area contributed by atoms with Crippen LogP contribution in [0.1, 0.15) is 30.8 Å². The maximum Gasteiger partial charge on any atom is 0.261 e. The number of benzene rings is 2. The molecule has 4 nitrogen and oxygen atoms in total. The molecule has 0 amide bonds. The quantitative estimate of drug-likeness (QED) is 0.700. The number of anilines is 1. The van der Waals surface area contributed by atoms with Gasteiger partial charge in [-0.05, 0) is 48.8 Å². The van der Waals surface area contributed by atoms with Crippen LogP contribution in [0.4, 0.5) is 5.69 Å². The number of rotatable bonds is 1. The second kappa shape index (κ2) is 5.09. The number of nitrogen functional groups attached to an aromatic ring is 1. The van der Waals surface area contributed by atoms with Crippen molar-refractivity contribution in [3.63, 3.8) is 0 Å². The molecule has 2 heterocycles. The second-order valence-corrected chi connectivity index (χ2v) is 6.02. The molecular weight excluding hydrogens is 286 g/mol. The number of allylic oxidation sites excluding steroid dienone is 1. The fraction of sp³-hybridized carbons (Fsp3) is 0.158. The van der Waals surface area contributed by atoms with Crippen molar-refractivity contribution in [2.24, 2.45) is 0 Å². The van der Waals surface area contributed by atoms with Gasteiger partial charge in [-0.15, -0.1) is 0 Å². The Labute approximate surface area is 133 Å². The molecule has 0 fully saturated rings. The molecule has 4 heteroatoms. The molecule has 114 valence electrons. The highest BCUT2D eigenvalue weighted by Gasteiger charge is 2.26. The minimum Gasteiger partial charge on any atom is -0.399 e. The molecule has 1 aliphatic rings. The van der Waals surface area contributed by atoms with E-state index < -0.39 is 0 Å². The van der Waals surface area contributed by atoms with E-state index in [1.807, 2.05) is 18.2 Å².